The number of unbranched alkanes of at least 4 members (excludes halogenated alkanes) is 19. The molecule has 0 unspecified atom stereocenters. The monoisotopic (exact) mass is 444 g/mol. The van der Waals surface area contributed by atoms with Gasteiger partial charge in [-0.25, -0.2) is 0 Å². The van der Waals surface area contributed by atoms with Crippen molar-refractivity contribution in [2.75, 3.05) is 27.7 Å². The molecular weight excluding hydrogens is 386 g/mol. The summed E-state index contributed by atoms with van der Waals surface area (Å²) in [7, 11) is 6.91. The fourth-order valence-electron chi connectivity index (χ4n) is 4.74. The van der Waals surface area contributed by atoms with Gasteiger partial charge in [0, 0.05) is 0 Å². The summed E-state index contributed by atoms with van der Waals surface area (Å²) in [6.45, 7) is 1.33. The van der Waals surface area contributed by atoms with E-state index < -0.39 is 0 Å². The number of quaternary nitrogens is 1. The molecule has 0 saturated heterocycles. The van der Waals surface area contributed by atoms with Gasteiger partial charge in [-0.15, -0.1) is 0 Å². The molecule has 0 fully saturated rings. The Labute approximate surface area is 203 Å². The zero-order chi connectivity index (χ0) is 23.2. The molecule has 1 heteroatoms. The predicted octanol–water partition coefficient (Wildman–Crippen LogP) is 9.74. The van der Waals surface area contributed by atoms with Crippen LogP contribution in [0.4, 0.5) is 0 Å². The summed E-state index contributed by atoms with van der Waals surface area (Å²) < 4.78 is 1.12. The number of hydrogen-bond donors (Lipinski definition) is 0. The molecular formula is C31H58N+. The van der Waals surface area contributed by atoms with E-state index in [1.54, 1.807) is 0 Å². The Morgan fingerprint density at radius 2 is 0.719 bits per heavy atom. The van der Waals surface area contributed by atoms with E-state index in [9.17, 15) is 0 Å². The highest BCUT2D eigenvalue weighted by Crippen LogP contribution is 2.15. The Morgan fingerprint density at radius 1 is 0.406 bits per heavy atom. The van der Waals surface area contributed by atoms with Gasteiger partial charge >= 0.3 is 0 Å². The maximum atomic E-state index is 2.30. The van der Waals surface area contributed by atoms with Crippen molar-refractivity contribution in [3.8, 4) is 0 Å². The zero-order valence-electron chi connectivity index (χ0n) is 22.4. The highest BCUT2D eigenvalue weighted by atomic mass is 15.3. The number of hydrogen-bond acceptors (Lipinski definition) is 0. The van der Waals surface area contributed by atoms with Gasteiger partial charge in [-0.3, -0.25) is 0 Å². The van der Waals surface area contributed by atoms with Gasteiger partial charge in [-0.1, -0.05) is 139 Å². The second-order valence-corrected chi connectivity index (χ2v) is 11.3. The smallest absolute Gasteiger partial charge is 0.0780 e. The van der Waals surface area contributed by atoms with Gasteiger partial charge in [0.05, 0.1) is 27.7 Å². The third-order valence-corrected chi connectivity index (χ3v) is 6.89. The van der Waals surface area contributed by atoms with Crippen LogP contribution >= 0.6 is 0 Å². The molecule has 0 spiro atoms. The van der Waals surface area contributed by atoms with Crippen molar-refractivity contribution < 1.29 is 4.48 Å². The van der Waals surface area contributed by atoms with Crippen LogP contribution in [0.5, 0.6) is 0 Å². The Hall–Kier alpha value is -0.820. The molecule has 0 atom stereocenters. The molecule has 1 nitrogen and oxygen atoms in total. The first kappa shape index (κ1) is 29.2. The van der Waals surface area contributed by atoms with Crippen molar-refractivity contribution in [3.05, 3.63) is 35.9 Å². The van der Waals surface area contributed by atoms with E-state index in [1.165, 1.54) is 147 Å². The molecule has 0 heterocycles. The molecule has 0 radical (unpaired) electrons. The second kappa shape index (κ2) is 20.8. The lowest BCUT2D eigenvalue weighted by molar-refractivity contribution is -0.870. The van der Waals surface area contributed by atoms with Crippen LogP contribution in [-0.4, -0.2) is 32.2 Å². The van der Waals surface area contributed by atoms with Crippen LogP contribution in [0.1, 0.15) is 134 Å². The third-order valence-electron chi connectivity index (χ3n) is 6.89. The van der Waals surface area contributed by atoms with Gasteiger partial charge in [0.15, 0.2) is 0 Å². The molecule has 1 aromatic carbocycles. The lowest BCUT2D eigenvalue weighted by Gasteiger charge is -2.23. The Kier molecular flexibility index (Phi) is 19.0. The largest absolute Gasteiger partial charge is 0.331 e. The van der Waals surface area contributed by atoms with Crippen LogP contribution in [0.3, 0.4) is 0 Å². The van der Waals surface area contributed by atoms with E-state index in [4.69, 9.17) is 0 Å². The normalized spacial score (nSPS) is 11.8. The fraction of sp³-hybridized carbons (Fsp3) is 0.806. The van der Waals surface area contributed by atoms with E-state index in [-0.39, 0.29) is 0 Å². The highest BCUT2D eigenvalue weighted by molar-refractivity contribution is 5.14. The molecule has 1 rings (SSSR count). The first-order valence-electron chi connectivity index (χ1n) is 14.4. The maximum absolute atomic E-state index is 2.30. The summed E-state index contributed by atoms with van der Waals surface area (Å²) in [5.74, 6) is 0. The van der Waals surface area contributed by atoms with Crippen molar-refractivity contribution in [2.24, 2.45) is 0 Å². The van der Waals surface area contributed by atoms with Gasteiger partial charge < -0.3 is 4.48 Å². The molecule has 0 N–H and O–H groups in total. The maximum Gasteiger partial charge on any atom is 0.0780 e. The van der Waals surface area contributed by atoms with E-state index in [0.717, 1.165) is 4.48 Å². The first-order valence-corrected chi connectivity index (χ1v) is 14.4. The topological polar surface area (TPSA) is 0 Å². The van der Waals surface area contributed by atoms with Crippen molar-refractivity contribution in [1.82, 2.24) is 0 Å². The van der Waals surface area contributed by atoms with Crippen LogP contribution in [0.25, 0.3) is 0 Å². The zero-order valence-corrected chi connectivity index (χ0v) is 22.4. The SMILES string of the molecule is C[N+](C)(C)CCCCCCCCCCCCCCCCCCCCCCc1ccccc1. The number of rotatable bonds is 23. The van der Waals surface area contributed by atoms with E-state index >= 15 is 0 Å². The van der Waals surface area contributed by atoms with Crippen LogP contribution in [0.15, 0.2) is 30.3 Å². The quantitative estimate of drug-likeness (QED) is 0.116. The molecule has 0 aliphatic rings. The van der Waals surface area contributed by atoms with Crippen LogP contribution in [-0.2, 0) is 6.42 Å². The minimum Gasteiger partial charge on any atom is -0.331 e. The average Bonchev–Trinajstić information content (AvgIpc) is 2.77. The number of benzene rings is 1. The molecule has 186 valence electrons. The van der Waals surface area contributed by atoms with Crippen molar-refractivity contribution >= 4 is 0 Å². The van der Waals surface area contributed by atoms with E-state index in [1.807, 2.05) is 0 Å². The Balaban J connectivity index is 1.67. The summed E-state index contributed by atoms with van der Waals surface area (Å²) in [6.07, 6.45) is 30.3. The molecule has 1 aromatic rings. The van der Waals surface area contributed by atoms with Crippen LogP contribution in [0, 0.1) is 0 Å². The molecule has 0 amide bonds. The van der Waals surface area contributed by atoms with Crippen LogP contribution < -0.4 is 0 Å². The average molecular weight is 445 g/mol. The first-order chi connectivity index (χ1) is 15.6. The summed E-state index contributed by atoms with van der Waals surface area (Å²) in [4.78, 5) is 0. The van der Waals surface area contributed by atoms with E-state index in [0.29, 0.717) is 0 Å². The molecule has 32 heavy (non-hydrogen) atoms. The summed E-state index contributed by atoms with van der Waals surface area (Å²) in [6, 6.07) is 11.0. The summed E-state index contributed by atoms with van der Waals surface area (Å²) >= 11 is 0. The van der Waals surface area contributed by atoms with Crippen molar-refractivity contribution in [2.45, 2.75) is 135 Å². The third kappa shape index (κ3) is 21.0. The van der Waals surface area contributed by atoms with Crippen molar-refractivity contribution in [1.29, 1.82) is 0 Å². The summed E-state index contributed by atoms with van der Waals surface area (Å²) in [5.41, 5.74) is 1.50. The van der Waals surface area contributed by atoms with Gasteiger partial charge in [0.25, 0.3) is 0 Å². The molecule has 0 saturated carbocycles. The molecule has 0 aliphatic heterocycles. The predicted molar refractivity (Wildman–Crippen MR) is 145 cm³/mol. The standard InChI is InChI=1S/C31H58N/c1-32(2,3)30-26-21-19-17-15-13-11-9-7-5-4-6-8-10-12-14-16-18-20-23-27-31-28-24-22-25-29-31/h22,24-25,28-29H,4-21,23,26-27,30H2,1-3H3/q+1. The lowest BCUT2D eigenvalue weighted by Crippen LogP contribution is -2.35. The highest BCUT2D eigenvalue weighted by Gasteiger charge is 2.05. The van der Waals surface area contributed by atoms with Gasteiger partial charge in [0.1, 0.15) is 0 Å². The van der Waals surface area contributed by atoms with Crippen molar-refractivity contribution in [3.63, 3.8) is 0 Å². The molecule has 0 bridgehead atoms. The minimum atomic E-state index is 1.12. The molecule has 0 aromatic heterocycles. The van der Waals surface area contributed by atoms with Gasteiger partial charge in [-0.05, 0) is 31.2 Å². The number of nitrogens with zero attached hydrogens (tertiary/aromatic N) is 1. The fourth-order valence-corrected chi connectivity index (χ4v) is 4.74. The Bertz CT molecular complexity index is 487. The van der Waals surface area contributed by atoms with Gasteiger partial charge in [0.2, 0.25) is 0 Å². The van der Waals surface area contributed by atoms with E-state index in [2.05, 4.69) is 51.5 Å². The van der Waals surface area contributed by atoms with Gasteiger partial charge in [-0.2, -0.15) is 0 Å². The summed E-state index contributed by atoms with van der Waals surface area (Å²) in [5, 5.41) is 0. The second-order valence-electron chi connectivity index (χ2n) is 11.3. The molecule has 0 aliphatic carbocycles. The lowest BCUT2D eigenvalue weighted by atomic mass is 10.0. The minimum absolute atomic E-state index is 1.12. The number of aryl methyl sites for hydroxylation is 1. The van der Waals surface area contributed by atoms with Crippen LogP contribution in [0.2, 0.25) is 0 Å². The Morgan fingerprint density at radius 3 is 1.06 bits per heavy atom.